The van der Waals surface area contributed by atoms with Crippen molar-refractivity contribution in [2.24, 2.45) is 0 Å². The summed E-state index contributed by atoms with van der Waals surface area (Å²) in [5.41, 5.74) is -0.0399. The molecule has 0 saturated carbocycles. The lowest BCUT2D eigenvalue weighted by atomic mass is 10.1. The van der Waals surface area contributed by atoms with Crippen LogP contribution < -0.4 is 9.62 Å². The molecule has 198 valence electrons. The standard InChI is InChI=1S/C24H29Cl3FN3O4S/c1-6-21(23(33)29-24(2,3)4)30(13-15-7-8-16(25)11-18(15)26)22(32)14-31(36(5,34)35)17-9-10-20(28)19(27)12-17/h7-12,21H,6,13-14H2,1-5H3,(H,29,33). The number of rotatable bonds is 9. The van der Waals surface area contributed by atoms with Crippen LogP contribution in [-0.2, 0) is 26.2 Å². The number of hydrogen-bond acceptors (Lipinski definition) is 4. The van der Waals surface area contributed by atoms with E-state index in [0.29, 0.717) is 10.6 Å². The van der Waals surface area contributed by atoms with Gasteiger partial charge in [-0.25, -0.2) is 12.8 Å². The highest BCUT2D eigenvalue weighted by Crippen LogP contribution is 2.27. The molecule has 0 aromatic heterocycles. The van der Waals surface area contributed by atoms with Crippen LogP contribution in [0, 0.1) is 5.82 Å². The molecular formula is C24H29Cl3FN3O4S. The molecule has 2 aromatic rings. The fourth-order valence-corrected chi connectivity index (χ4v) is 4.94. The summed E-state index contributed by atoms with van der Waals surface area (Å²) in [5, 5.41) is 3.26. The molecule has 0 aliphatic carbocycles. The Morgan fingerprint density at radius 1 is 1.06 bits per heavy atom. The van der Waals surface area contributed by atoms with Crippen molar-refractivity contribution >= 4 is 62.3 Å². The van der Waals surface area contributed by atoms with E-state index >= 15 is 0 Å². The first-order valence-corrected chi connectivity index (χ1v) is 14.0. The first-order valence-electron chi connectivity index (χ1n) is 11.0. The zero-order valence-electron chi connectivity index (χ0n) is 20.6. The van der Waals surface area contributed by atoms with Gasteiger partial charge in [0.1, 0.15) is 18.4 Å². The van der Waals surface area contributed by atoms with Crippen molar-refractivity contribution in [3.8, 4) is 0 Å². The monoisotopic (exact) mass is 579 g/mol. The van der Waals surface area contributed by atoms with Gasteiger partial charge in [-0.3, -0.25) is 13.9 Å². The second-order valence-electron chi connectivity index (χ2n) is 9.29. The van der Waals surface area contributed by atoms with Gasteiger partial charge in [-0.1, -0.05) is 47.8 Å². The third kappa shape index (κ3) is 8.23. The van der Waals surface area contributed by atoms with Crippen LogP contribution in [-0.4, -0.2) is 49.5 Å². The Bertz CT molecular complexity index is 1240. The van der Waals surface area contributed by atoms with Gasteiger partial charge in [-0.15, -0.1) is 0 Å². The van der Waals surface area contributed by atoms with E-state index in [9.17, 15) is 22.4 Å². The number of halogens is 4. The average Bonchev–Trinajstić information content (AvgIpc) is 2.73. The molecule has 12 heteroatoms. The van der Waals surface area contributed by atoms with E-state index in [0.717, 1.165) is 22.7 Å². The summed E-state index contributed by atoms with van der Waals surface area (Å²) >= 11 is 18.2. The van der Waals surface area contributed by atoms with Crippen LogP contribution in [0.5, 0.6) is 0 Å². The Balaban J connectivity index is 2.52. The average molecular weight is 581 g/mol. The molecule has 0 aliphatic heterocycles. The summed E-state index contributed by atoms with van der Waals surface area (Å²) in [6.07, 6.45) is 1.17. The van der Waals surface area contributed by atoms with Gasteiger partial charge in [-0.2, -0.15) is 0 Å². The van der Waals surface area contributed by atoms with Crippen LogP contribution in [0.1, 0.15) is 39.7 Å². The van der Waals surface area contributed by atoms with Crippen LogP contribution in [0.2, 0.25) is 15.1 Å². The molecule has 2 amide bonds. The zero-order chi connectivity index (χ0) is 27.4. The number of hydrogen-bond donors (Lipinski definition) is 1. The molecule has 2 rings (SSSR count). The van der Waals surface area contributed by atoms with Gasteiger partial charge in [0.25, 0.3) is 0 Å². The predicted octanol–water partition coefficient (Wildman–Crippen LogP) is 5.27. The van der Waals surface area contributed by atoms with Gasteiger partial charge >= 0.3 is 0 Å². The van der Waals surface area contributed by atoms with Crippen LogP contribution in [0.4, 0.5) is 10.1 Å². The van der Waals surface area contributed by atoms with Gasteiger partial charge in [0.05, 0.1) is 17.0 Å². The van der Waals surface area contributed by atoms with Gasteiger partial charge in [0.2, 0.25) is 21.8 Å². The fourth-order valence-electron chi connectivity index (χ4n) is 3.46. The molecule has 1 atom stereocenters. The maximum atomic E-state index is 13.7. The third-order valence-electron chi connectivity index (χ3n) is 5.11. The minimum absolute atomic E-state index is 0.00826. The molecule has 1 unspecified atom stereocenters. The lowest BCUT2D eigenvalue weighted by Gasteiger charge is -2.34. The number of amides is 2. The van der Waals surface area contributed by atoms with E-state index in [1.54, 1.807) is 19.1 Å². The summed E-state index contributed by atoms with van der Waals surface area (Å²) in [6, 6.07) is 7.16. The van der Waals surface area contributed by atoms with E-state index < -0.39 is 45.8 Å². The quantitative estimate of drug-likeness (QED) is 0.438. The number of sulfonamides is 1. The molecule has 0 radical (unpaired) electrons. The molecule has 0 fully saturated rings. The first-order chi connectivity index (χ1) is 16.5. The topological polar surface area (TPSA) is 86.8 Å². The highest BCUT2D eigenvalue weighted by molar-refractivity contribution is 7.92. The summed E-state index contributed by atoms with van der Waals surface area (Å²) in [7, 11) is -3.98. The van der Waals surface area contributed by atoms with Gasteiger partial charge in [0.15, 0.2) is 0 Å². The van der Waals surface area contributed by atoms with Crippen molar-refractivity contribution in [3.05, 3.63) is 62.8 Å². The molecule has 1 N–H and O–H groups in total. The maximum Gasteiger partial charge on any atom is 0.244 e. The van der Waals surface area contributed by atoms with Gasteiger partial charge in [0, 0.05) is 22.1 Å². The molecule has 0 saturated heterocycles. The van der Waals surface area contributed by atoms with Gasteiger partial charge < -0.3 is 10.2 Å². The summed E-state index contributed by atoms with van der Waals surface area (Å²) < 4.78 is 39.7. The number of nitrogens with one attached hydrogen (secondary N) is 1. The van der Waals surface area contributed by atoms with Gasteiger partial charge in [-0.05, 0) is 63.1 Å². The van der Waals surface area contributed by atoms with E-state index in [1.807, 2.05) is 20.8 Å². The van der Waals surface area contributed by atoms with Crippen molar-refractivity contribution in [2.75, 3.05) is 17.1 Å². The van der Waals surface area contributed by atoms with Crippen molar-refractivity contribution < 1.29 is 22.4 Å². The number of nitrogens with zero attached hydrogens (tertiary/aromatic N) is 2. The first kappa shape index (κ1) is 30.2. The SMILES string of the molecule is CCC(C(=O)NC(C)(C)C)N(Cc1ccc(Cl)cc1Cl)C(=O)CN(c1ccc(F)c(Cl)c1)S(C)(=O)=O. The highest BCUT2D eigenvalue weighted by atomic mass is 35.5. The van der Waals surface area contributed by atoms with Crippen molar-refractivity contribution in [1.82, 2.24) is 10.2 Å². The lowest BCUT2D eigenvalue weighted by Crippen LogP contribution is -2.55. The van der Waals surface area contributed by atoms with E-state index in [2.05, 4.69) is 5.32 Å². The van der Waals surface area contributed by atoms with E-state index in [1.165, 1.54) is 17.0 Å². The molecule has 36 heavy (non-hydrogen) atoms. The second kappa shape index (κ2) is 12.0. The zero-order valence-corrected chi connectivity index (χ0v) is 23.7. The second-order valence-corrected chi connectivity index (χ2v) is 12.4. The molecule has 0 spiro atoms. The van der Waals surface area contributed by atoms with Crippen LogP contribution >= 0.6 is 34.8 Å². The fraction of sp³-hybridized carbons (Fsp3) is 0.417. The number of benzene rings is 2. The smallest absolute Gasteiger partial charge is 0.244 e. The third-order valence-corrected chi connectivity index (χ3v) is 7.13. The van der Waals surface area contributed by atoms with E-state index in [4.69, 9.17) is 34.8 Å². The summed E-state index contributed by atoms with van der Waals surface area (Å²) in [5.74, 6) is -1.80. The Morgan fingerprint density at radius 2 is 1.69 bits per heavy atom. The number of anilines is 1. The molecule has 0 heterocycles. The van der Waals surface area contributed by atoms with Crippen molar-refractivity contribution in [1.29, 1.82) is 0 Å². The summed E-state index contributed by atoms with van der Waals surface area (Å²) in [6.45, 7) is 6.44. The molecule has 7 nitrogen and oxygen atoms in total. The maximum absolute atomic E-state index is 13.7. The Hall–Kier alpha value is -2.07. The minimum atomic E-state index is -3.98. The van der Waals surface area contributed by atoms with Crippen LogP contribution in [0.15, 0.2) is 36.4 Å². The van der Waals surface area contributed by atoms with E-state index in [-0.39, 0.29) is 28.7 Å². The summed E-state index contributed by atoms with van der Waals surface area (Å²) in [4.78, 5) is 28.1. The normalized spacial score (nSPS) is 12.7. The molecule has 0 aliphatic rings. The largest absolute Gasteiger partial charge is 0.350 e. The number of carbonyl (C=O) groups excluding carboxylic acids is 2. The van der Waals surface area contributed by atoms with Crippen LogP contribution in [0.25, 0.3) is 0 Å². The Labute approximate surface area is 226 Å². The minimum Gasteiger partial charge on any atom is -0.350 e. The molecule has 2 aromatic carbocycles. The molecular weight excluding hydrogens is 552 g/mol. The highest BCUT2D eigenvalue weighted by Gasteiger charge is 2.33. The van der Waals surface area contributed by atoms with Crippen LogP contribution in [0.3, 0.4) is 0 Å². The molecule has 0 bridgehead atoms. The Morgan fingerprint density at radius 3 is 2.19 bits per heavy atom. The van der Waals surface area contributed by atoms with Crippen molar-refractivity contribution in [2.45, 2.75) is 52.2 Å². The number of carbonyl (C=O) groups is 2. The van der Waals surface area contributed by atoms with Crippen molar-refractivity contribution in [3.63, 3.8) is 0 Å². The lowest BCUT2D eigenvalue weighted by molar-refractivity contribution is -0.141. The Kier molecular flexibility index (Phi) is 10.0. The predicted molar refractivity (Wildman–Crippen MR) is 143 cm³/mol.